The highest BCUT2D eigenvalue weighted by molar-refractivity contribution is 7.99. The van der Waals surface area contributed by atoms with Crippen LogP contribution >= 0.6 is 23.4 Å². The summed E-state index contributed by atoms with van der Waals surface area (Å²) in [5.74, 6) is -0.284. The van der Waals surface area contributed by atoms with E-state index < -0.39 is 0 Å². The van der Waals surface area contributed by atoms with Crippen molar-refractivity contribution < 1.29 is 9.59 Å². The third-order valence-electron chi connectivity index (χ3n) is 3.51. The van der Waals surface area contributed by atoms with E-state index in [1.54, 1.807) is 59.4 Å². The average molecular weight is 402 g/mol. The summed E-state index contributed by atoms with van der Waals surface area (Å²) in [5.41, 5.74) is 1.62. The molecule has 1 aromatic heterocycles. The number of rotatable bonds is 6. The molecular weight excluding hydrogens is 386 g/mol. The van der Waals surface area contributed by atoms with Gasteiger partial charge in [0.2, 0.25) is 5.91 Å². The Morgan fingerprint density at radius 1 is 1.11 bits per heavy atom. The van der Waals surface area contributed by atoms with Crippen molar-refractivity contribution in [3.05, 3.63) is 65.4 Å². The Morgan fingerprint density at radius 3 is 2.59 bits per heavy atom. The Bertz CT molecular complexity index is 958. The molecular formula is C18H16ClN5O2S. The van der Waals surface area contributed by atoms with Crippen molar-refractivity contribution in [1.82, 2.24) is 14.8 Å². The van der Waals surface area contributed by atoms with Crippen molar-refractivity contribution in [2.75, 3.05) is 16.4 Å². The largest absolute Gasteiger partial charge is 0.325 e. The molecule has 2 aromatic carbocycles. The number of anilines is 2. The number of nitrogens with zero attached hydrogens (tertiary/aromatic N) is 3. The maximum Gasteiger partial charge on any atom is 0.255 e. The Hall–Kier alpha value is -2.84. The topological polar surface area (TPSA) is 88.9 Å². The number of aromatic nitrogens is 3. The van der Waals surface area contributed by atoms with Crippen LogP contribution < -0.4 is 10.6 Å². The van der Waals surface area contributed by atoms with Gasteiger partial charge in [0.05, 0.1) is 5.75 Å². The van der Waals surface area contributed by atoms with Crippen LogP contribution in [-0.2, 0) is 11.8 Å². The highest BCUT2D eigenvalue weighted by Crippen LogP contribution is 2.17. The van der Waals surface area contributed by atoms with Gasteiger partial charge >= 0.3 is 0 Å². The summed E-state index contributed by atoms with van der Waals surface area (Å²) in [4.78, 5) is 24.5. The standard InChI is InChI=1S/C18H16ClN5O2S/c1-24-11-20-23-18(24)27-10-16(25)21-15-4-2-3-12(9-15)17(26)22-14-7-5-13(19)6-8-14/h2-9,11H,10H2,1H3,(H,21,25)(H,22,26). The molecule has 9 heteroatoms. The minimum Gasteiger partial charge on any atom is -0.325 e. The van der Waals surface area contributed by atoms with E-state index in [0.717, 1.165) is 0 Å². The molecule has 0 aliphatic rings. The van der Waals surface area contributed by atoms with Crippen LogP contribution in [-0.4, -0.2) is 32.3 Å². The molecule has 0 bridgehead atoms. The van der Waals surface area contributed by atoms with Gasteiger partial charge in [-0.05, 0) is 42.5 Å². The number of carbonyl (C=O) groups excluding carboxylic acids is 2. The molecule has 7 nitrogen and oxygen atoms in total. The lowest BCUT2D eigenvalue weighted by molar-refractivity contribution is -0.113. The molecule has 3 rings (SSSR count). The number of nitrogens with one attached hydrogen (secondary N) is 2. The van der Waals surface area contributed by atoms with Gasteiger partial charge in [0.15, 0.2) is 5.16 Å². The maximum atomic E-state index is 12.4. The number of thioether (sulfide) groups is 1. The molecule has 2 amide bonds. The molecule has 0 unspecified atom stereocenters. The first-order valence-corrected chi connectivity index (χ1v) is 9.31. The van der Waals surface area contributed by atoms with Gasteiger partial charge in [0.1, 0.15) is 6.33 Å². The van der Waals surface area contributed by atoms with Gasteiger partial charge in [0, 0.05) is 29.0 Å². The molecule has 27 heavy (non-hydrogen) atoms. The Morgan fingerprint density at radius 2 is 1.89 bits per heavy atom. The first-order chi connectivity index (χ1) is 13.0. The summed E-state index contributed by atoms with van der Waals surface area (Å²) in [6, 6.07) is 13.6. The average Bonchev–Trinajstić information content (AvgIpc) is 3.07. The van der Waals surface area contributed by atoms with E-state index in [1.165, 1.54) is 11.8 Å². The zero-order valence-corrected chi connectivity index (χ0v) is 15.9. The van der Waals surface area contributed by atoms with Crippen molar-refractivity contribution in [2.45, 2.75) is 5.16 Å². The molecule has 0 aliphatic carbocycles. The van der Waals surface area contributed by atoms with Gasteiger partial charge in [-0.1, -0.05) is 29.4 Å². The number of benzene rings is 2. The molecule has 2 N–H and O–H groups in total. The molecule has 0 radical (unpaired) electrons. The number of aryl methyl sites for hydroxylation is 1. The summed E-state index contributed by atoms with van der Waals surface area (Å²) < 4.78 is 1.74. The fourth-order valence-corrected chi connectivity index (χ4v) is 3.02. The van der Waals surface area contributed by atoms with Crippen LogP contribution in [0.15, 0.2) is 60.0 Å². The van der Waals surface area contributed by atoms with Crippen molar-refractivity contribution >= 4 is 46.6 Å². The van der Waals surface area contributed by atoms with E-state index in [9.17, 15) is 9.59 Å². The summed E-state index contributed by atoms with van der Waals surface area (Å²) in [6.07, 6.45) is 1.57. The minimum absolute atomic E-state index is 0.188. The van der Waals surface area contributed by atoms with E-state index in [-0.39, 0.29) is 17.6 Å². The van der Waals surface area contributed by atoms with Crippen LogP contribution in [0.4, 0.5) is 11.4 Å². The molecule has 138 valence electrons. The van der Waals surface area contributed by atoms with Gasteiger partial charge < -0.3 is 15.2 Å². The second-order valence-electron chi connectivity index (χ2n) is 5.60. The predicted octanol–water partition coefficient (Wildman–Crippen LogP) is 3.45. The fraction of sp³-hybridized carbons (Fsp3) is 0.111. The van der Waals surface area contributed by atoms with E-state index in [1.807, 2.05) is 7.05 Å². The van der Waals surface area contributed by atoms with Crippen molar-refractivity contribution in [1.29, 1.82) is 0 Å². The van der Waals surface area contributed by atoms with Gasteiger partial charge in [0.25, 0.3) is 5.91 Å². The van der Waals surface area contributed by atoms with Crippen LogP contribution in [0.5, 0.6) is 0 Å². The number of amides is 2. The SMILES string of the molecule is Cn1cnnc1SCC(=O)Nc1cccc(C(=O)Nc2ccc(Cl)cc2)c1. The molecule has 0 spiro atoms. The molecule has 1 heterocycles. The highest BCUT2D eigenvalue weighted by Gasteiger charge is 2.10. The quantitative estimate of drug-likeness (QED) is 0.617. The lowest BCUT2D eigenvalue weighted by atomic mass is 10.2. The summed E-state index contributed by atoms with van der Waals surface area (Å²) in [5, 5.41) is 14.5. The second-order valence-corrected chi connectivity index (χ2v) is 6.98. The van der Waals surface area contributed by atoms with E-state index in [2.05, 4.69) is 20.8 Å². The Labute approximate surface area is 165 Å². The van der Waals surface area contributed by atoms with Crippen LogP contribution in [0.1, 0.15) is 10.4 Å². The van der Waals surface area contributed by atoms with Gasteiger partial charge in [-0.2, -0.15) is 0 Å². The van der Waals surface area contributed by atoms with Gasteiger partial charge in [-0.25, -0.2) is 0 Å². The maximum absolute atomic E-state index is 12.4. The van der Waals surface area contributed by atoms with E-state index in [4.69, 9.17) is 11.6 Å². The zero-order valence-electron chi connectivity index (χ0n) is 14.3. The molecule has 3 aromatic rings. The first kappa shape index (κ1) is 18.9. The van der Waals surface area contributed by atoms with E-state index >= 15 is 0 Å². The van der Waals surface area contributed by atoms with Crippen LogP contribution in [0.3, 0.4) is 0 Å². The van der Waals surface area contributed by atoms with Gasteiger partial charge in [-0.15, -0.1) is 10.2 Å². The third kappa shape index (κ3) is 5.32. The molecule has 0 aliphatic heterocycles. The molecule has 0 fully saturated rings. The number of carbonyl (C=O) groups is 2. The van der Waals surface area contributed by atoms with Crippen molar-refractivity contribution in [2.24, 2.45) is 7.05 Å². The fourth-order valence-electron chi connectivity index (χ4n) is 2.21. The lowest BCUT2D eigenvalue weighted by Crippen LogP contribution is -2.16. The minimum atomic E-state index is -0.276. The van der Waals surface area contributed by atoms with Crippen LogP contribution in [0.2, 0.25) is 5.02 Å². The normalized spacial score (nSPS) is 10.4. The third-order valence-corrected chi connectivity index (χ3v) is 4.80. The van der Waals surface area contributed by atoms with Crippen LogP contribution in [0, 0.1) is 0 Å². The van der Waals surface area contributed by atoms with E-state index in [0.29, 0.717) is 27.1 Å². The lowest BCUT2D eigenvalue weighted by Gasteiger charge is -2.08. The van der Waals surface area contributed by atoms with Gasteiger partial charge in [-0.3, -0.25) is 9.59 Å². The summed E-state index contributed by atoms with van der Waals surface area (Å²) >= 11 is 7.12. The first-order valence-electron chi connectivity index (χ1n) is 7.95. The van der Waals surface area contributed by atoms with Crippen molar-refractivity contribution in [3.63, 3.8) is 0 Å². The molecule has 0 saturated carbocycles. The molecule has 0 atom stereocenters. The zero-order chi connectivity index (χ0) is 19.2. The predicted molar refractivity (Wildman–Crippen MR) is 106 cm³/mol. The Balaban J connectivity index is 1.59. The second kappa shape index (κ2) is 8.70. The highest BCUT2D eigenvalue weighted by atomic mass is 35.5. The molecule has 0 saturated heterocycles. The summed E-state index contributed by atoms with van der Waals surface area (Å²) in [6.45, 7) is 0. The monoisotopic (exact) mass is 401 g/mol. The summed E-state index contributed by atoms with van der Waals surface area (Å²) in [7, 11) is 1.81. The number of hydrogen-bond donors (Lipinski definition) is 2. The smallest absolute Gasteiger partial charge is 0.255 e. The van der Waals surface area contributed by atoms with Crippen LogP contribution in [0.25, 0.3) is 0 Å². The number of halogens is 1. The van der Waals surface area contributed by atoms with Crippen molar-refractivity contribution in [3.8, 4) is 0 Å². The number of hydrogen-bond acceptors (Lipinski definition) is 5. The Kier molecular flexibility index (Phi) is 6.10.